The Bertz CT molecular complexity index is 1560. The molecule has 5 rings (SSSR count). The number of nitrogens with zero attached hydrogens (tertiary/aromatic N) is 2. The number of Topliss-reactive ketones (excluding diaryl/α,β-unsaturated/α-hetero) is 1. The van der Waals surface area contributed by atoms with Gasteiger partial charge < -0.3 is 5.73 Å². The maximum Gasteiger partial charge on any atom is 0.161 e. The summed E-state index contributed by atoms with van der Waals surface area (Å²) in [5.74, 6) is 0.812. The van der Waals surface area contributed by atoms with E-state index in [2.05, 4.69) is 53.2 Å². The molecule has 1 unspecified atom stereocenters. The van der Waals surface area contributed by atoms with Gasteiger partial charge in [-0.3, -0.25) is 9.69 Å². The van der Waals surface area contributed by atoms with Crippen LogP contribution in [0.2, 0.25) is 0 Å². The molecule has 3 aromatic carbocycles. The number of hydrogen-bond acceptors (Lipinski definition) is 5. The Morgan fingerprint density at radius 2 is 1.85 bits per heavy atom. The second kappa shape index (κ2) is 11.4. The van der Waals surface area contributed by atoms with Crippen molar-refractivity contribution in [1.82, 2.24) is 0 Å². The average molecular weight is 603 g/mol. The molecule has 0 bridgehead atoms. The quantitative estimate of drug-likeness (QED) is 0.310. The number of thioether (sulfide) groups is 1. The SMILES string of the molecule is Cc1cc(C)c(C2C(C#N)=C(N)N(c3ccc(Br)cc3F)C3=C2C(=O)CCC3)cc1CSCc1ccccc1. The monoisotopic (exact) mass is 601 g/mol. The number of ketones is 1. The van der Waals surface area contributed by atoms with E-state index in [-0.39, 0.29) is 22.9 Å². The van der Waals surface area contributed by atoms with Crippen LogP contribution in [0.5, 0.6) is 0 Å². The first kappa shape index (κ1) is 27.2. The lowest BCUT2D eigenvalue weighted by molar-refractivity contribution is -0.116. The van der Waals surface area contributed by atoms with Crippen molar-refractivity contribution < 1.29 is 9.18 Å². The fourth-order valence-electron chi connectivity index (χ4n) is 5.57. The van der Waals surface area contributed by atoms with Gasteiger partial charge in [-0.2, -0.15) is 17.0 Å². The molecule has 0 spiro atoms. The van der Waals surface area contributed by atoms with Crippen LogP contribution in [0, 0.1) is 31.0 Å². The van der Waals surface area contributed by atoms with E-state index < -0.39 is 11.7 Å². The molecule has 1 atom stereocenters. The van der Waals surface area contributed by atoms with Crippen molar-refractivity contribution in [1.29, 1.82) is 5.26 Å². The molecule has 1 heterocycles. The fraction of sp³-hybridized carbons (Fsp3) is 0.250. The number of benzene rings is 3. The largest absolute Gasteiger partial charge is 0.384 e. The first-order chi connectivity index (χ1) is 18.8. The van der Waals surface area contributed by atoms with Crippen LogP contribution in [-0.4, -0.2) is 5.78 Å². The van der Waals surface area contributed by atoms with E-state index in [9.17, 15) is 10.1 Å². The summed E-state index contributed by atoms with van der Waals surface area (Å²) in [6.45, 7) is 4.11. The number of carbonyl (C=O) groups is 1. The van der Waals surface area contributed by atoms with Crippen LogP contribution in [0.25, 0.3) is 0 Å². The highest BCUT2D eigenvalue weighted by atomic mass is 79.9. The van der Waals surface area contributed by atoms with E-state index >= 15 is 4.39 Å². The Morgan fingerprint density at radius 3 is 2.56 bits per heavy atom. The van der Waals surface area contributed by atoms with Crippen LogP contribution < -0.4 is 10.6 Å². The van der Waals surface area contributed by atoms with Gasteiger partial charge in [0, 0.05) is 33.7 Å². The summed E-state index contributed by atoms with van der Waals surface area (Å²) >= 11 is 5.14. The standard InChI is InChI=1S/C32H29BrFN3OS/c1-19-13-20(2)24(14-22(19)18-39-17-21-7-4-3-5-8-21)30-25(16-35)32(36)37(27-12-11-23(33)15-26(27)34)28-9-6-10-29(38)31(28)30/h3-5,7-8,11-15,30H,6,9-10,17-18,36H2,1-2H3. The zero-order chi connectivity index (χ0) is 27.7. The Kier molecular flexibility index (Phi) is 7.97. The fourth-order valence-corrected chi connectivity index (χ4v) is 6.97. The molecule has 7 heteroatoms. The topological polar surface area (TPSA) is 70.1 Å². The molecule has 0 saturated heterocycles. The zero-order valence-corrected chi connectivity index (χ0v) is 24.3. The van der Waals surface area contributed by atoms with Gasteiger partial charge in [0.2, 0.25) is 0 Å². The summed E-state index contributed by atoms with van der Waals surface area (Å²) in [5, 5.41) is 10.4. The van der Waals surface area contributed by atoms with Gasteiger partial charge in [0.1, 0.15) is 11.6 Å². The summed E-state index contributed by atoms with van der Waals surface area (Å²) in [6, 6.07) is 21.7. The van der Waals surface area contributed by atoms with Gasteiger partial charge in [0.05, 0.1) is 23.2 Å². The molecule has 2 aliphatic rings. The Labute approximate surface area is 241 Å². The summed E-state index contributed by atoms with van der Waals surface area (Å²) in [5.41, 5.74) is 14.0. The highest BCUT2D eigenvalue weighted by molar-refractivity contribution is 9.10. The number of allylic oxidation sites excluding steroid dienone is 3. The first-order valence-corrected chi connectivity index (χ1v) is 14.9. The predicted molar refractivity (Wildman–Crippen MR) is 159 cm³/mol. The van der Waals surface area contributed by atoms with Crippen molar-refractivity contribution >= 4 is 39.2 Å². The van der Waals surface area contributed by atoms with Crippen molar-refractivity contribution in [2.75, 3.05) is 4.90 Å². The molecular weight excluding hydrogens is 573 g/mol. The van der Waals surface area contributed by atoms with Gasteiger partial charge in [-0.05, 0) is 72.7 Å². The van der Waals surface area contributed by atoms with E-state index in [1.807, 2.05) is 36.9 Å². The summed E-state index contributed by atoms with van der Waals surface area (Å²) in [7, 11) is 0. The van der Waals surface area contributed by atoms with E-state index in [4.69, 9.17) is 5.73 Å². The van der Waals surface area contributed by atoms with Gasteiger partial charge in [-0.1, -0.05) is 58.4 Å². The summed E-state index contributed by atoms with van der Waals surface area (Å²) in [4.78, 5) is 15.1. The number of halogens is 2. The maximum atomic E-state index is 15.2. The smallest absolute Gasteiger partial charge is 0.161 e. The Hall–Kier alpha value is -3.34. The number of aryl methyl sites for hydroxylation is 2. The van der Waals surface area contributed by atoms with Crippen LogP contribution in [0.15, 0.2) is 87.8 Å². The van der Waals surface area contributed by atoms with Gasteiger partial charge in [-0.25, -0.2) is 4.39 Å². The van der Waals surface area contributed by atoms with Crippen LogP contribution in [0.1, 0.15) is 53.0 Å². The molecule has 1 aliphatic heterocycles. The first-order valence-electron chi connectivity index (χ1n) is 12.9. The minimum absolute atomic E-state index is 0.0102. The molecule has 3 aromatic rings. The molecule has 1 aliphatic carbocycles. The number of nitriles is 1. The van der Waals surface area contributed by atoms with E-state index in [1.54, 1.807) is 17.0 Å². The lowest BCUT2D eigenvalue weighted by Gasteiger charge is -2.40. The predicted octanol–water partition coefficient (Wildman–Crippen LogP) is 7.94. The molecule has 0 fully saturated rings. The summed E-state index contributed by atoms with van der Waals surface area (Å²) in [6.07, 6.45) is 1.63. The number of nitrogens with two attached hydrogens (primary N) is 1. The van der Waals surface area contributed by atoms with Crippen molar-refractivity contribution in [3.05, 3.63) is 121 Å². The number of anilines is 1. The van der Waals surface area contributed by atoms with Crippen molar-refractivity contribution in [2.24, 2.45) is 5.73 Å². The average Bonchev–Trinajstić information content (AvgIpc) is 2.91. The lowest BCUT2D eigenvalue weighted by atomic mass is 9.74. The van der Waals surface area contributed by atoms with Crippen LogP contribution in [0.4, 0.5) is 10.1 Å². The Balaban J connectivity index is 1.60. The second-order valence-electron chi connectivity index (χ2n) is 10.0. The minimum atomic E-state index is -0.578. The summed E-state index contributed by atoms with van der Waals surface area (Å²) < 4.78 is 15.8. The van der Waals surface area contributed by atoms with Crippen LogP contribution in [-0.2, 0) is 16.3 Å². The van der Waals surface area contributed by atoms with Crippen LogP contribution >= 0.6 is 27.7 Å². The number of hydrogen-bond donors (Lipinski definition) is 1. The molecule has 0 amide bonds. The van der Waals surface area contributed by atoms with Crippen LogP contribution in [0.3, 0.4) is 0 Å². The molecule has 2 N–H and O–H groups in total. The van der Waals surface area contributed by atoms with E-state index in [1.165, 1.54) is 22.8 Å². The molecule has 4 nitrogen and oxygen atoms in total. The lowest BCUT2D eigenvalue weighted by Crippen LogP contribution is -2.39. The van der Waals surface area contributed by atoms with Crippen molar-refractivity contribution in [3.8, 4) is 6.07 Å². The molecule has 0 aromatic heterocycles. The van der Waals surface area contributed by atoms with Gasteiger partial charge in [0.15, 0.2) is 5.78 Å². The third-order valence-corrected chi connectivity index (χ3v) is 9.01. The second-order valence-corrected chi connectivity index (χ2v) is 11.9. The third-order valence-electron chi connectivity index (χ3n) is 7.47. The van der Waals surface area contributed by atoms with Crippen molar-refractivity contribution in [2.45, 2.75) is 50.5 Å². The van der Waals surface area contributed by atoms with E-state index in [0.717, 1.165) is 22.6 Å². The third kappa shape index (κ3) is 5.28. The highest BCUT2D eigenvalue weighted by Gasteiger charge is 2.41. The maximum absolute atomic E-state index is 15.2. The molecule has 39 heavy (non-hydrogen) atoms. The Morgan fingerprint density at radius 1 is 1.08 bits per heavy atom. The molecular formula is C32H29BrFN3OS. The molecule has 198 valence electrons. The molecule has 0 saturated carbocycles. The normalized spacial score (nSPS) is 17.4. The van der Waals surface area contributed by atoms with Crippen molar-refractivity contribution in [3.63, 3.8) is 0 Å². The number of rotatable bonds is 6. The van der Waals surface area contributed by atoms with Gasteiger partial charge in [0.25, 0.3) is 0 Å². The zero-order valence-electron chi connectivity index (χ0n) is 21.9. The minimum Gasteiger partial charge on any atom is -0.384 e. The number of carbonyl (C=O) groups excluding carboxylic acids is 1. The van der Waals surface area contributed by atoms with Gasteiger partial charge in [-0.15, -0.1) is 0 Å². The van der Waals surface area contributed by atoms with E-state index in [0.29, 0.717) is 35.0 Å². The highest BCUT2D eigenvalue weighted by Crippen LogP contribution is 2.48. The molecule has 0 radical (unpaired) electrons. The van der Waals surface area contributed by atoms with Gasteiger partial charge >= 0.3 is 0 Å².